The molecule has 128 valence electrons. The molecular weight excluding hydrogens is 288 g/mol. The highest BCUT2D eigenvalue weighted by Gasteiger charge is 2.67. The second kappa shape index (κ2) is 4.41. The summed E-state index contributed by atoms with van der Waals surface area (Å²) in [5, 5.41) is 0. The molecule has 3 fully saturated rings. The summed E-state index contributed by atoms with van der Waals surface area (Å²) in [5.41, 5.74) is 1.47. The van der Waals surface area contributed by atoms with E-state index >= 15 is 0 Å². The first-order valence-electron chi connectivity index (χ1n) is 9.23. The van der Waals surface area contributed by atoms with Gasteiger partial charge in [0.15, 0.2) is 0 Å². The predicted octanol–water partition coefficient (Wildman–Crippen LogP) is 4.61. The van der Waals surface area contributed by atoms with E-state index in [1.54, 1.807) is 6.08 Å². The van der Waals surface area contributed by atoms with Crippen LogP contribution in [0.25, 0.3) is 0 Å². The van der Waals surface area contributed by atoms with Gasteiger partial charge >= 0.3 is 5.97 Å². The summed E-state index contributed by atoms with van der Waals surface area (Å²) in [5.74, 6) is 0.177. The summed E-state index contributed by atoms with van der Waals surface area (Å²) in [7, 11) is 0. The van der Waals surface area contributed by atoms with Crippen LogP contribution in [0.2, 0.25) is 0 Å². The van der Waals surface area contributed by atoms with Crippen LogP contribution in [0.5, 0.6) is 0 Å². The van der Waals surface area contributed by atoms with E-state index in [9.17, 15) is 4.79 Å². The molecule has 2 heterocycles. The summed E-state index contributed by atoms with van der Waals surface area (Å²) in [6.45, 7) is 11.6. The van der Waals surface area contributed by atoms with Crippen LogP contribution < -0.4 is 0 Å². The van der Waals surface area contributed by atoms with E-state index in [2.05, 4.69) is 27.7 Å². The molecule has 3 nitrogen and oxygen atoms in total. The predicted molar refractivity (Wildman–Crippen MR) is 88.6 cm³/mol. The number of ether oxygens (including phenoxy) is 2. The molecule has 0 aromatic carbocycles. The minimum absolute atomic E-state index is 0.168. The summed E-state index contributed by atoms with van der Waals surface area (Å²) < 4.78 is 12.3. The van der Waals surface area contributed by atoms with Crippen molar-refractivity contribution in [1.82, 2.24) is 0 Å². The Labute approximate surface area is 139 Å². The van der Waals surface area contributed by atoms with Crippen molar-refractivity contribution in [3.8, 4) is 0 Å². The lowest BCUT2D eigenvalue weighted by atomic mass is 9.45. The molecule has 3 heteroatoms. The first-order valence-corrected chi connectivity index (χ1v) is 9.23. The minimum atomic E-state index is -0.782. The molecular formula is C20H30O3. The molecule has 0 amide bonds. The Morgan fingerprint density at radius 2 is 1.83 bits per heavy atom. The molecule has 2 saturated carbocycles. The smallest absolute Gasteiger partial charge is 0.333 e. The summed E-state index contributed by atoms with van der Waals surface area (Å²) in [6.07, 6.45) is 8.66. The van der Waals surface area contributed by atoms with Gasteiger partial charge < -0.3 is 9.47 Å². The maximum atomic E-state index is 11.8. The summed E-state index contributed by atoms with van der Waals surface area (Å²) >= 11 is 0. The SMILES string of the molecule is CC1=CC(=O)OC12CC1C(C)(CCC3C(C)(C)CCCC31C)O2. The van der Waals surface area contributed by atoms with Crippen LogP contribution in [0.15, 0.2) is 11.6 Å². The lowest BCUT2D eigenvalue weighted by Gasteiger charge is -2.60. The highest BCUT2D eigenvalue weighted by Crippen LogP contribution is 2.68. The zero-order valence-corrected chi connectivity index (χ0v) is 15.2. The van der Waals surface area contributed by atoms with Gasteiger partial charge in [-0.25, -0.2) is 4.79 Å². The maximum Gasteiger partial charge on any atom is 0.333 e. The van der Waals surface area contributed by atoms with E-state index in [-0.39, 0.29) is 17.0 Å². The van der Waals surface area contributed by atoms with Crippen LogP contribution in [0.1, 0.15) is 73.1 Å². The molecule has 4 aliphatic rings. The van der Waals surface area contributed by atoms with Crippen molar-refractivity contribution in [2.24, 2.45) is 22.7 Å². The third-order valence-electron chi connectivity index (χ3n) is 7.81. The standard InChI is InChI=1S/C20H30O3/c1-13-11-16(21)22-20(13)12-15-18(4)9-6-8-17(2,3)14(18)7-10-19(15,5)23-20/h11,14-15H,6-10,12H2,1-5H3. The number of hydrogen-bond donors (Lipinski definition) is 0. The van der Waals surface area contributed by atoms with Gasteiger partial charge in [0, 0.05) is 24.0 Å². The first kappa shape index (κ1) is 15.7. The van der Waals surface area contributed by atoms with Crippen LogP contribution in [0.3, 0.4) is 0 Å². The number of rotatable bonds is 0. The lowest BCUT2D eigenvalue weighted by molar-refractivity contribution is -0.226. The number of carbonyl (C=O) groups excluding carboxylic acids is 1. The number of carbonyl (C=O) groups is 1. The topological polar surface area (TPSA) is 35.5 Å². The van der Waals surface area contributed by atoms with Crippen LogP contribution in [0.4, 0.5) is 0 Å². The third kappa shape index (κ3) is 1.95. The maximum absolute atomic E-state index is 11.8. The van der Waals surface area contributed by atoms with E-state index in [1.165, 1.54) is 25.7 Å². The molecule has 0 bridgehead atoms. The zero-order chi connectivity index (χ0) is 16.7. The Morgan fingerprint density at radius 3 is 2.48 bits per heavy atom. The molecule has 1 spiro atoms. The zero-order valence-electron chi connectivity index (χ0n) is 15.2. The molecule has 23 heavy (non-hydrogen) atoms. The largest absolute Gasteiger partial charge is 0.426 e. The number of fused-ring (bicyclic) bond motifs is 3. The van der Waals surface area contributed by atoms with Crippen molar-refractivity contribution < 1.29 is 14.3 Å². The first-order chi connectivity index (χ1) is 10.6. The Bertz CT molecular complexity index is 592. The van der Waals surface area contributed by atoms with Crippen molar-refractivity contribution in [3.05, 3.63) is 11.6 Å². The minimum Gasteiger partial charge on any atom is -0.426 e. The molecule has 0 aromatic heterocycles. The molecule has 0 aromatic rings. The van der Waals surface area contributed by atoms with Gasteiger partial charge in [-0.1, -0.05) is 27.2 Å². The Kier molecular flexibility index (Phi) is 3.01. The van der Waals surface area contributed by atoms with E-state index < -0.39 is 5.79 Å². The second-order valence-electron chi connectivity index (χ2n) is 9.61. The lowest BCUT2D eigenvalue weighted by Crippen LogP contribution is -2.55. The number of esters is 1. The quantitative estimate of drug-likeness (QED) is 0.612. The van der Waals surface area contributed by atoms with Crippen LogP contribution in [-0.4, -0.2) is 17.4 Å². The van der Waals surface area contributed by atoms with Gasteiger partial charge in [0.25, 0.3) is 0 Å². The Hall–Kier alpha value is -0.830. The van der Waals surface area contributed by atoms with Crippen molar-refractivity contribution in [1.29, 1.82) is 0 Å². The molecule has 0 radical (unpaired) electrons. The molecule has 0 N–H and O–H groups in total. The molecule has 5 atom stereocenters. The monoisotopic (exact) mass is 318 g/mol. The molecule has 2 aliphatic heterocycles. The van der Waals surface area contributed by atoms with Crippen molar-refractivity contribution in [3.63, 3.8) is 0 Å². The van der Waals surface area contributed by atoms with Crippen molar-refractivity contribution in [2.45, 2.75) is 84.5 Å². The van der Waals surface area contributed by atoms with Gasteiger partial charge in [-0.15, -0.1) is 0 Å². The fraction of sp³-hybridized carbons (Fsp3) is 0.850. The van der Waals surface area contributed by atoms with Gasteiger partial charge in [0.1, 0.15) is 0 Å². The van der Waals surface area contributed by atoms with Gasteiger partial charge in [-0.05, 0) is 56.3 Å². The van der Waals surface area contributed by atoms with Gasteiger partial charge in [0.05, 0.1) is 5.60 Å². The van der Waals surface area contributed by atoms with Gasteiger partial charge in [0.2, 0.25) is 5.79 Å². The Balaban J connectivity index is 1.74. The van der Waals surface area contributed by atoms with E-state index in [1.807, 2.05) is 6.92 Å². The van der Waals surface area contributed by atoms with Crippen molar-refractivity contribution in [2.75, 3.05) is 0 Å². The molecule has 5 unspecified atom stereocenters. The Morgan fingerprint density at radius 1 is 1.09 bits per heavy atom. The highest BCUT2D eigenvalue weighted by atomic mass is 16.7. The second-order valence-corrected chi connectivity index (χ2v) is 9.61. The molecule has 2 aliphatic carbocycles. The summed E-state index contributed by atoms with van der Waals surface area (Å²) in [4.78, 5) is 11.8. The van der Waals surface area contributed by atoms with Gasteiger partial charge in [-0.3, -0.25) is 0 Å². The van der Waals surface area contributed by atoms with Crippen LogP contribution in [-0.2, 0) is 14.3 Å². The summed E-state index contributed by atoms with van der Waals surface area (Å²) in [6, 6.07) is 0. The van der Waals surface area contributed by atoms with Crippen molar-refractivity contribution >= 4 is 5.97 Å². The number of hydrogen-bond acceptors (Lipinski definition) is 3. The third-order valence-corrected chi connectivity index (χ3v) is 7.81. The van der Waals surface area contributed by atoms with Gasteiger partial charge in [-0.2, -0.15) is 0 Å². The normalized spacial score (nSPS) is 51.2. The average Bonchev–Trinajstić information content (AvgIpc) is 2.86. The van der Waals surface area contributed by atoms with E-state index in [0.29, 0.717) is 11.3 Å². The molecule has 4 rings (SSSR count). The van der Waals surface area contributed by atoms with Crippen LogP contribution in [0, 0.1) is 22.7 Å². The fourth-order valence-electron chi connectivity index (χ4n) is 6.73. The molecule has 1 saturated heterocycles. The van der Waals surface area contributed by atoms with Crippen LogP contribution >= 0.6 is 0 Å². The van der Waals surface area contributed by atoms with E-state index in [0.717, 1.165) is 24.3 Å². The highest BCUT2D eigenvalue weighted by molar-refractivity contribution is 5.86. The average molecular weight is 318 g/mol. The fourth-order valence-corrected chi connectivity index (χ4v) is 6.73. The van der Waals surface area contributed by atoms with E-state index in [4.69, 9.17) is 9.47 Å².